The molecule has 1 aliphatic heterocycles. The van der Waals surface area contributed by atoms with Crippen molar-refractivity contribution in [2.45, 2.75) is 0 Å². The third-order valence-electron chi connectivity index (χ3n) is 0.903. The fourth-order valence-electron chi connectivity index (χ4n) is 0.474. The molecule has 49 valence electrons. The molecular formula is C5H4BrO2Se. The third kappa shape index (κ3) is 1.33. The van der Waals surface area contributed by atoms with Gasteiger partial charge in [0, 0.05) is 0 Å². The van der Waals surface area contributed by atoms with Crippen molar-refractivity contribution in [3.05, 3.63) is 20.0 Å². The van der Waals surface area contributed by atoms with Crippen LogP contribution in [-0.4, -0.2) is 24.7 Å². The van der Waals surface area contributed by atoms with E-state index in [9.17, 15) is 4.79 Å². The van der Waals surface area contributed by atoms with E-state index in [2.05, 4.69) is 15.9 Å². The molecule has 0 saturated carbocycles. The normalized spacial score (nSPS) is 19.3. The predicted octanol–water partition coefficient (Wildman–Crippen LogP) is 0.466. The van der Waals surface area contributed by atoms with Crippen molar-refractivity contribution in [3.8, 4) is 0 Å². The number of rotatable bonds is 1. The van der Waals surface area contributed by atoms with E-state index in [-0.39, 0.29) is 0 Å². The summed E-state index contributed by atoms with van der Waals surface area (Å²) < 4.78 is 10.5. The average Bonchev–Trinajstić information content (AvgIpc) is 2.15. The van der Waals surface area contributed by atoms with Crippen LogP contribution in [0.4, 0.5) is 0 Å². The molecule has 0 aromatic rings. The average molecular weight is 255 g/mol. The van der Waals surface area contributed by atoms with Gasteiger partial charge in [0.25, 0.3) is 0 Å². The predicted molar refractivity (Wildman–Crippen MR) is 39.1 cm³/mol. The quantitative estimate of drug-likeness (QED) is 0.546. The fraction of sp³-hybridized carbons (Fsp3) is 0. The minimum atomic E-state index is -1.86. The molecule has 0 bridgehead atoms. The Morgan fingerprint density at radius 3 is 2.56 bits per heavy atom. The first-order chi connectivity index (χ1) is 4.25. The van der Waals surface area contributed by atoms with Gasteiger partial charge in [-0.15, -0.1) is 0 Å². The van der Waals surface area contributed by atoms with Gasteiger partial charge in [0.1, 0.15) is 0 Å². The fourth-order valence-corrected chi connectivity index (χ4v) is 3.07. The van der Waals surface area contributed by atoms with Crippen LogP contribution in [0.3, 0.4) is 0 Å². The first-order valence-corrected chi connectivity index (χ1v) is 5.49. The Morgan fingerprint density at radius 2 is 2.33 bits per heavy atom. The van der Waals surface area contributed by atoms with Crippen LogP contribution in [0.1, 0.15) is 0 Å². The molecule has 0 unspecified atom stereocenters. The summed E-state index contributed by atoms with van der Waals surface area (Å²) in [5, 5.41) is 0. The van der Waals surface area contributed by atoms with Crippen molar-refractivity contribution in [2.24, 2.45) is 0 Å². The van der Waals surface area contributed by atoms with Crippen molar-refractivity contribution < 1.29 is 8.98 Å². The van der Waals surface area contributed by atoms with Crippen molar-refractivity contribution in [1.29, 1.82) is 0 Å². The standard InChI is InChI=1S/C5H4BrO2Se/c6-5-2-1-4(3-7)9(5)8/h1-3,8H. The molecule has 9 heavy (non-hydrogen) atoms. The summed E-state index contributed by atoms with van der Waals surface area (Å²) in [6.07, 6.45) is 4.06. The maximum absolute atomic E-state index is 10.1. The van der Waals surface area contributed by atoms with Crippen LogP contribution >= 0.6 is 15.9 Å². The van der Waals surface area contributed by atoms with Gasteiger partial charge in [-0.3, -0.25) is 0 Å². The Bertz CT molecular complexity index is 197. The zero-order valence-electron chi connectivity index (χ0n) is 4.37. The summed E-state index contributed by atoms with van der Waals surface area (Å²) in [5.74, 6) is 0. The second kappa shape index (κ2) is 2.80. The topological polar surface area (TPSA) is 37.3 Å². The summed E-state index contributed by atoms with van der Waals surface area (Å²) in [6, 6.07) is 0. The Balaban J connectivity index is 2.78. The number of hydrogen-bond acceptors (Lipinski definition) is 2. The van der Waals surface area contributed by atoms with E-state index in [0.717, 1.165) is 3.38 Å². The van der Waals surface area contributed by atoms with Gasteiger partial charge >= 0.3 is 65.4 Å². The van der Waals surface area contributed by atoms with Crippen molar-refractivity contribution in [3.63, 3.8) is 0 Å². The monoisotopic (exact) mass is 255 g/mol. The molecule has 0 saturated heterocycles. The molecule has 1 radical (unpaired) electrons. The molecule has 0 fully saturated rings. The molecule has 1 N–H and O–H groups in total. The molecule has 0 atom stereocenters. The SMILES string of the molecule is O=CC1=CC=C(Br)[Se]1O. The molecule has 0 spiro atoms. The van der Waals surface area contributed by atoms with E-state index >= 15 is 0 Å². The number of hydrogen-bond donors (Lipinski definition) is 1. The number of allylic oxidation sites excluding steroid dienone is 3. The Morgan fingerprint density at radius 1 is 1.67 bits per heavy atom. The van der Waals surface area contributed by atoms with E-state index in [0.29, 0.717) is 10.8 Å². The van der Waals surface area contributed by atoms with Crippen LogP contribution in [0.5, 0.6) is 0 Å². The molecule has 0 amide bonds. The Labute approximate surface area is 65.6 Å². The number of carbonyl (C=O) groups is 1. The Kier molecular flexibility index (Phi) is 2.24. The van der Waals surface area contributed by atoms with Gasteiger partial charge in [0.05, 0.1) is 0 Å². The van der Waals surface area contributed by atoms with Crippen molar-refractivity contribution >= 4 is 36.4 Å². The summed E-state index contributed by atoms with van der Waals surface area (Å²) in [6.45, 7) is 0. The van der Waals surface area contributed by atoms with Gasteiger partial charge in [-0.1, -0.05) is 0 Å². The summed E-state index contributed by atoms with van der Waals surface area (Å²) >= 11 is 1.28. The van der Waals surface area contributed by atoms with Crippen LogP contribution in [0.2, 0.25) is 0 Å². The molecular weight excluding hydrogens is 251 g/mol. The van der Waals surface area contributed by atoms with Crippen LogP contribution in [0.25, 0.3) is 0 Å². The summed E-state index contributed by atoms with van der Waals surface area (Å²) in [5.41, 5.74) is 0. The van der Waals surface area contributed by atoms with Crippen LogP contribution < -0.4 is 0 Å². The van der Waals surface area contributed by atoms with Crippen molar-refractivity contribution in [1.82, 2.24) is 0 Å². The molecule has 1 heterocycles. The van der Waals surface area contributed by atoms with E-state index in [1.807, 2.05) is 0 Å². The molecule has 0 aromatic carbocycles. The van der Waals surface area contributed by atoms with Crippen LogP contribution in [0.15, 0.2) is 20.0 Å². The maximum atomic E-state index is 10.1. The van der Waals surface area contributed by atoms with Gasteiger partial charge in [0.2, 0.25) is 0 Å². The zero-order valence-corrected chi connectivity index (χ0v) is 7.67. The zero-order chi connectivity index (χ0) is 6.85. The van der Waals surface area contributed by atoms with E-state index < -0.39 is 14.2 Å². The van der Waals surface area contributed by atoms with Gasteiger partial charge in [-0.2, -0.15) is 0 Å². The van der Waals surface area contributed by atoms with E-state index in [1.54, 1.807) is 12.2 Å². The Hall–Kier alpha value is 0.109. The molecule has 0 aliphatic carbocycles. The van der Waals surface area contributed by atoms with E-state index in [4.69, 9.17) is 4.19 Å². The number of aldehydes is 1. The van der Waals surface area contributed by atoms with Crippen LogP contribution in [0, 0.1) is 0 Å². The second-order valence-corrected chi connectivity index (χ2v) is 6.58. The molecule has 1 aliphatic rings. The molecule has 2 nitrogen and oxygen atoms in total. The summed E-state index contributed by atoms with van der Waals surface area (Å²) in [4.78, 5) is 10.1. The first kappa shape index (κ1) is 7.22. The molecule has 4 heteroatoms. The van der Waals surface area contributed by atoms with Gasteiger partial charge in [-0.25, -0.2) is 0 Å². The molecule has 1 rings (SSSR count). The van der Waals surface area contributed by atoms with Crippen LogP contribution in [-0.2, 0) is 4.79 Å². The number of halogens is 1. The van der Waals surface area contributed by atoms with Crippen molar-refractivity contribution in [2.75, 3.05) is 0 Å². The minimum absolute atomic E-state index is 0.530. The van der Waals surface area contributed by atoms with Gasteiger partial charge < -0.3 is 0 Å². The van der Waals surface area contributed by atoms with E-state index in [1.165, 1.54) is 0 Å². The molecule has 0 aromatic heterocycles. The van der Waals surface area contributed by atoms with Gasteiger partial charge in [-0.05, 0) is 0 Å². The number of carbonyl (C=O) groups excluding carboxylic acids is 1. The second-order valence-electron chi connectivity index (χ2n) is 1.44. The third-order valence-corrected chi connectivity index (χ3v) is 5.25. The first-order valence-electron chi connectivity index (χ1n) is 2.21. The summed E-state index contributed by atoms with van der Waals surface area (Å²) in [7, 11) is 0. The van der Waals surface area contributed by atoms with Gasteiger partial charge in [0.15, 0.2) is 0 Å².